The Bertz CT molecular complexity index is 422. The second-order valence-electron chi connectivity index (χ2n) is 4.61. The zero-order chi connectivity index (χ0) is 12.6. The highest BCUT2D eigenvalue weighted by Crippen LogP contribution is 2.12. The average molecular weight is 259 g/mol. The summed E-state index contributed by atoms with van der Waals surface area (Å²) in [6, 6.07) is 13.6. The molecule has 1 unspecified atom stereocenters. The van der Waals surface area contributed by atoms with E-state index in [1.807, 2.05) is 0 Å². The number of benzene rings is 1. The molecule has 0 aliphatic heterocycles. The average Bonchev–Trinajstić information content (AvgIpc) is 2.90. The quantitative estimate of drug-likeness (QED) is 0.795. The van der Waals surface area contributed by atoms with Crippen molar-refractivity contribution in [2.45, 2.75) is 32.2 Å². The minimum absolute atomic E-state index is 0.588. The van der Waals surface area contributed by atoms with Crippen LogP contribution < -0.4 is 5.32 Å². The third kappa shape index (κ3) is 4.28. The van der Waals surface area contributed by atoms with Gasteiger partial charge in [-0.25, -0.2) is 0 Å². The Morgan fingerprint density at radius 2 is 1.94 bits per heavy atom. The molecular formula is C16H21NS. The first kappa shape index (κ1) is 13.3. The van der Waals surface area contributed by atoms with Crippen molar-refractivity contribution in [2.75, 3.05) is 6.54 Å². The molecule has 96 valence electrons. The van der Waals surface area contributed by atoms with E-state index < -0.39 is 0 Å². The third-order valence-electron chi connectivity index (χ3n) is 3.18. The summed E-state index contributed by atoms with van der Waals surface area (Å²) in [5.74, 6) is 0. The van der Waals surface area contributed by atoms with E-state index in [9.17, 15) is 0 Å². The highest BCUT2D eigenvalue weighted by atomic mass is 32.1. The molecule has 0 spiro atoms. The Morgan fingerprint density at radius 1 is 1.11 bits per heavy atom. The molecule has 1 aromatic heterocycles. The maximum Gasteiger partial charge on any atom is 0.0111 e. The molecule has 18 heavy (non-hydrogen) atoms. The van der Waals surface area contributed by atoms with Gasteiger partial charge in [0.2, 0.25) is 0 Å². The zero-order valence-electron chi connectivity index (χ0n) is 10.9. The highest BCUT2D eigenvalue weighted by molar-refractivity contribution is 7.07. The predicted octanol–water partition coefficient (Wildman–Crippen LogP) is 3.90. The number of likely N-dealkylation sites (N-methyl/N-ethyl adjacent to an activating group) is 1. The van der Waals surface area contributed by atoms with Gasteiger partial charge in [0.05, 0.1) is 0 Å². The molecule has 1 nitrogen and oxygen atoms in total. The van der Waals surface area contributed by atoms with Gasteiger partial charge in [-0.15, -0.1) is 0 Å². The summed E-state index contributed by atoms with van der Waals surface area (Å²) < 4.78 is 0. The minimum Gasteiger partial charge on any atom is -0.314 e. The first-order chi connectivity index (χ1) is 8.88. The molecule has 2 rings (SSSR count). The molecule has 0 radical (unpaired) electrons. The maximum atomic E-state index is 3.60. The fraction of sp³-hybridized carbons (Fsp3) is 0.375. The summed E-state index contributed by atoms with van der Waals surface area (Å²) in [4.78, 5) is 0. The number of hydrogen-bond donors (Lipinski definition) is 1. The van der Waals surface area contributed by atoms with E-state index in [1.165, 1.54) is 17.5 Å². The van der Waals surface area contributed by atoms with Gasteiger partial charge in [0.25, 0.3) is 0 Å². The molecule has 0 aliphatic rings. The molecule has 2 heteroatoms. The lowest BCUT2D eigenvalue weighted by atomic mass is 10.0. The summed E-state index contributed by atoms with van der Waals surface area (Å²) >= 11 is 1.79. The Labute approximate surface area is 114 Å². The number of thiophene rings is 1. The Hall–Kier alpha value is -1.12. The molecule has 1 heterocycles. The SMILES string of the molecule is CCNC(CCc1ccccc1)Cc1ccsc1. The van der Waals surface area contributed by atoms with Crippen LogP contribution in [-0.4, -0.2) is 12.6 Å². The van der Waals surface area contributed by atoms with Crippen molar-refractivity contribution in [1.29, 1.82) is 0 Å². The highest BCUT2D eigenvalue weighted by Gasteiger charge is 2.08. The Balaban J connectivity index is 1.86. The van der Waals surface area contributed by atoms with Gasteiger partial charge in [-0.05, 0) is 53.8 Å². The van der Waals surface area contributed by atoms with Gasteiger partial charge in [-0.1, -0.05) is 37.3 Å². The van der Waals surface area contributed by atoms with Crippen molar-refractivity contribution >= 4 is 11.3 Å². The van der Waals surface area contributed by atoms with Crippen molar-refractivity contribution in [3.05, 3.63) is 58.3 Å². The summed E-state index contributed by atoms with van der Waals surface area (Å²) in [7, 11) is 0. The van der Waals surface area contributed by atoms with Crippen molar-refractivity contribution in [1.82, 2.24) is 5.32 Å². The third-order valence-corrected chi connectivity index (χ3v) is 3.91. The van der Waals surface area contributed by atoms with Crippen LogP contribution in [0.15, 0.2) is 47.2 Å². The van der Waals surface area contributed by atoms with Crippen LogP contribution in [0.1, 0.15) is 24.5 Å². The molecule has 0 saturated carbocycles. The second kappa shape index (κ2) is 7.34. The fourth-order valence-corrected chi connectivity index (χ4v) is 2.93. The van der Waals surface area contributed by atoms with Crippen LogP contribution >= 0.6 is 11.3 Å². The summed E-state index contributed by atoms with van der Waals surface area (Å²) in [6.45, 7) is 3.23. The smallest absolute Gasteiger partial charge is 0.0111 e. The molecule has 2 aromatic rings. The van der Waals surface area contributed by atoms with Crippen molar-refractivity contribution in [2.24, 2.45) is 0 Å². The zero-order valence-corrected chi connectivity index (χ0v) is 11.7. The summed E-state index contributed by atoms with van der Waals surface area (Å²) in [5, 5.41) is 8.01. The van der Waals surface area contributed by atoms with Crippen LogP contribution in [0.5, 0.6) is 0 Å². The van der Waals surface area contributed by atoms with Gasteiger partial charge < -0.3 is 5.32 Å². The summed E-state index contributed by atoms with van der Waals surface area (Å²) in [5.41, 5.74) is 2.89. The van der Waals surface area contributed by atoms with Crippen LogP contribution in [-0.2, 0) is 12.8 Å². The Morgan fingerprint density at radius 3 is 2.61 bits per heavy atom. The number of aryl methyl sites for hydroxylation is 1. The van der Waals surface area contributed by atoms with E-state index in [1.54, 1.807) is 11.3 Å². The largest absolute Gasteiger partial charge is 0.314 e. The first-order valence-corrected chi connectivity index (χ1v) is 7.61. The van der Waals surface area contributed by atoms with Gasteiger partial charge in [-0.2, -0.15) is 11.3 Å². The van der Waals surface area contributed by atoms with Crippen molar-refractivity contribution < 1.29 is 0 Å². The molecule has 0 fully saturated rings. The maximum absolute atomic E-state index is 3.60. The van der Waals surface area contributed by atoms with Gasteiger partial charge in [0.15, 0.2) is 0 Å². The van der Waals surface area contributed by atoms with Crippen LogP contribution in [0.3, 0.4) is 0 Å². The summed E-state index contributed by atoms with van der Waals surface area (Å²) in [6.07, 6.45) is 3.50. The van der Waals surface area contributed by atoms with Crippen molar-refractivity contribution in [3.8, 4) is 0 Å². The van der Waals surface area contributed by atoms with Crippen LogP contribution in [0.2, 0.25) is 0 Å². The van der Waals surface area contributed by atoms with E-state index in [0.717, 1.165) is 19.4 Å². The number of nitrogens with one attached hydrogen (secondary N) is 1. The Kier molecular flexibility index (Phi) is 5.43. The van der Waals surface area contributed by atoms with Gasteiger partial charge in [-0.3, -0.25) is 0 Å². The van der Waals surface area contributed by atoms with Crippen LogP contribution in [0.25, 0.3) is 0 Å². The molecule has 1 atom stereocenters. The number of hydrogen-bond acceptors (Lipinski definition) is 2. The van der Waals surface area contributed by atoms with Crippen molar-refractivity contribution in [3.63, 3.8) is 0 Å². The molecule has 0 bridgehead atoms. The van der Waals surface area contributed by atoms with Gasteiger partial charge in [0.1, 0.15) is 0 Å². The predicted molar refractivity (Wildman–Crippen MR) is 80.3 cm³/mol. The lowest BCUT2D eigenvalue weighted by Crippen LogP contribution is -2.31. The second-order valence-corrected chi connectivity index (χ2v) is 5.39. The van der Waals surface area contributed by atoms with Gasteiger partial charge >= 0.3 is 0 Å². The van der Waals surface area contributed by atoms with E-state index in [2.05, 4.69) is 59.4 Å². The first-order valence-electron chi connectivity index (χ1n) is 6.67. The molecular weight excluding hydrogens is 238 g/mol. The van der Waals surface area contributed by atoms with Crippen LogP contribution in [0, 0.1) is 0 Å². The van der Waals surface area contributed by atoms with E-state index in [-0.39, 0.29) is 0 Å². The topological polar surface area (TPSA) is 12.0 Å². The van der Waals surface area contributed by atoms with E-state index in [0.29, 0.717) is 6.04 Å². The van der Waals surface area contributed by atoms with E-state index >= 15 is 0 Å². The number of rotatable bonds is 7. The molecule has 0 amide bonds. The minimum atomic E-state index is 0.588. The monoisotopic (exact) mass is 259 g/mol. The standard InChI is InChI=1S/C16H21NS/c1-2-17-16(12-15-10-11-18-13-15)9-8-14-6-4-3-5-7-14/h3-7,10-11,13,16-17H,2,8-9,12H2,1H3. The van der Waals surface area contributed by atoms with Crippen LogP contribution in [0.4, 0.5) is 0 Å². The van der Waals surface area contributed by atoms with E-state index in [4.69, 9.17) is 0 Å². The lowest BCUT2D eigenvalue weighted by molar-refractivity contribution is 0.491. The molecule has 0 saturated heterocycles. The molecule has 0 aliphatic carbocycles. The molecule has 1 aromatic carbocycles. The molecule has 1 N–H and O–H groups in total. The fourth-order valence-electron chi connectivity index (χ4n) is 2.24. The lowest BCUT2D eigenvalue weighted by Gasteiger charge is -2.17. The van der Waals surface area contributed by atoms with Gasteiger partial charge in [0, 0.05) is 6.04 Å². The normalized spacial score (nSPS) is 12.5.